The van der Waals surface area contributed by atoms with Crippen LogP contribution >= 0.6 is 0 Å². The first-order valence-corrected chi connectivity index (χ1v) is 10.8. The zero-order chi connectivity index (χ0) is 24.5. The highest BCUT2D eigenvalue weighted by Crippen LogP contribution is 2.33. The summed E-state index contributed by atoms with van der Waals surface area (Å²) in [5.41, 5.74) is 2.25. The Labute approximate surface area is 198 Å². The Hall–Kier alpha value is -3.98. The van der Waals surface area contributed by atoms with Crippen molar-refractivity contribution in [1.29, 1.82) is 0 Å². The molecule has 1 heterocycles. The number of hydrogen-bond donors (Lipinski definition) is 2. The summed E-state index contributed by atoms with van der Waals surface area (Å²) in [5, 5.41) is 6.95. The molecule has 2 N–H and O–H groups in total. The van der Waals surface area contributed by atoms with Crippen molar-refractivity contribution in [3.05, 3.63) is 67.0 Å². The van der Waals surface area contributed by atoms with Crippen LogP contribution in [0, 0.1) is 0 Å². The number of likely N-dealkylation sites (N-methyl/N-ethyl adjacent to an activating group) is 1. The molecule has 0 saturated heterocycles. The van der Waals surface area contributed by atoms with E-state index in [1.54, 1.807) is 24.1 Å². The topological polar surface area (TPSA) is 106 Å². The summed E-state index contributed by atoms with van der Waals surface area (Å²) >= 11 is 0. The van der Waals surface area contributed by atoms with Gasteiger partial charge in [0.15, 0.2) is 0 Å². The lowest BCUT2D eigenvalue weighted by atomic mass is 10.1. The van der Waals surface area contributed by atoms with Crippen LogP contribution in [0.2, 0.25) is 0 Å². The van der Waals surface area contributed by atoms with Crippen molar-refractivity contribution in [3.63, 3.8) is 0 Å². The number of benzene rings is 2. The largest absolute Gasteiger partial charge is 0.490 e. The SMILES string of the molecule is C=CC(=O)Nc1cc2c(N[C@H](C)c3ccccc3)ncnc2cc1OCCN(C)CC(=O)OC. The first-order chi connectivity index (χ1) is 16.4. The average Bonchev–Trinajstić information content (AvgIpc) is 2.84. The molecule has 3 aromatic rings. The number of methoxy groups -OCH3 is 1. The minimum absolute atomic E-state index is 0.00629. The van der Waals surface area contributed by atoms with Gasteiger partial charge in [-0.15, -0.1) is 0 Å². The Bertz CT molecular complexity index is 1150. The van der Waals surface area contributed by atoms with Gasteiger partial charge < -0.3 is 20.1 Å². The van der Waals surface area contributed by atoms with E-state index in [-0.39, 0.29) is 31.1 Å². The van der Waals surface area contributed by atoms with Gasteiger partial charge in [-0.2, -0.15) is 0 Å². The quantitative estimate of drug-likeness (QED) is 0.329. The number of anilines is 2. The lowest BCUT2D eigenvalue weighted by Crippen LogP contribution is -2.30. The molecule has 1 amide bonds. The van der Waals surface area contributed by atoms with Crippen molar-refractivity contribution < 1.29 is 19.1 Å². The summed E-state index contributed by atoms with van der Waals surface area (Å²) in [5.74, 6) is 0.402. The molecule has 0 bridgehead atoms. The predicted octanol–water partition coefficient (Wildman–Crippen LogP) is 3.41. The lowest BCUT2D eigenvalue weighted by Gasteiger charge is -2.19. The fourth-order valence-corrected chi connectivity index (χ4v) is 3.31. The molecule has 2 aromatic carbocycles. The molecule has 0 radical (unpaired) electrons. The van der Waals surface area contributed by atoms with E-state index in [2.05, 4.69) is 31.9 Å². The van der Waals surface area contributed by atoms with Crippen molar-refractivity contribution in [3.8, 4) is 5.75 Å². The van der Waals surface area contributed by atoms with Crippen molar-refractivity contribution in [2.24, 2.45) is 0 Å². The number of amides is 1. The molecule has 34 heavy (non-hydrogen) atoms. The number of rotatable bonds is 11. The summed E-state index contributed by atoms with van der Waals surface area (Å²) < 4.78 is 10.6. The van der Waals surface area contributed by atoms with E-state index in [0.717, 1.165) is 10.9 Å². The van der Waals surface area contributed by atoms with Gasteiger partial charge in [-0.25, -0.2) is 9.97 Å². The minimum Gasteiger partial charge on any atom is -0.490 e. The van der Waals surface area contributed by atoms with Crippen LogP contribution in [-0.2, 0) is 14.3 Å². The van der Waals surface area contributed by atoms with Crippen LogP contribution in [0.4, 0.5) is 11.5 Å². The highest BCUT2D eigenvalue weighted by atomic mass is 16.5. The third kappa shape index (κ3) is 6.52. The van der Waals surface area contributed by atoms with E-state index in [1.165, 1.54) is 19.5 Å². The second-order valence-corrected chi connectivity index (χ2v) is 7.72. The summed E-state index contributed by atoms with van der Waals surface area (Å²) in [4.78, 5) is 34.1. The standard InChI is InChI=1S/C25H29N5O4/c1-5-23(31)29-21-13-19-20(14-22(21)34-12-11-30(3)15-24(32)33-4)26-16-27-25(19)28-17(2)18-9-7-6-8-10-18/h5-10,13-14,16-17H,1,11-12,15H2,2-4H3,(H,29,31)(H,26,27,28)/t17-/m1/s1. The zero-order valence-electron chi connectivity index (χ0n) is 19.6. The molecule has 0 fully saturated rings. The Balaban J connectivity index is 1.85. The minimum atomic E-state index is -0.365. The van der Waals surface area contributed by atoms with Crippen molar-refractivity contribution >= 4 is 34.3 Å². The third-order valence-electron chi connectivity index (χ3n) is 5.19. The molecule has 178 valence electrons. The highest BCUT2D eigenvalue weighted by molar-refractivity contribution is 6.03. The molecule has 1 aromatic heterocycles. The molecule has 9 heteroatoms. The van der Waals surface area contributed by atoms with Crippen LogP contribution in [0.15, 0.2) is 61.4 Å². The molecule has 3 rings (SSSR count). The molecule has 0 saturated carbocycles. The zero-order valence-corrected chi connectivity index (χ0v) is 19.6. The monoisotopic (exact) mass is 463 g/mol. The maximum Gasteiger partial charge on any atom is 0.319 e. The summed E-state index contributed by atoms with van der Waals surface area (Å²) in [7, 11) is 3.14. The Morgan fingerprint density at radius 2 is 1.97 bits per heavy atom. The van der Waals surface area contributed by atoms with Crippen molar-refractivity contribution in [1.82, 2.24) is 14.9 Å². The summed E-state index contributed by atoms with van der Waals surface area (Å²) in [6.45, 7) is 6.49. The van der Waals surface area contributed by atoms with E-state index >= 15 is 0 Å². The Kier molecular flexibility index (Phi) is 8.53. The molecule has 0 spiro atoms. The number of carbonyl (C=O) groups excluding carboxylic acids is 2. The van der Waals surface area contributed by atoms with Gasteiger partial charge in [0.2, 0.25) is 5.91 Å². The number of ether oxygens (including phenoxy) is 2. The lowest BCUT2D eigenvalue weighted by molar-refractivity contribution is -0.141. The van der Waals surface area contributed by atoms with E-state index in [4.69, 9.17) is 4.74 Å². The van der Waals surface area contributed by atoms with Gasteiger partial charge in [0, 0.05) is 24.0 Å². The number of hydrogen-bond acceptors (Lipinski definition) is 8. The number of esters is 1. The van der Waals surface area contributed by atoms with E-state index < -0.39 is 0 Å². The smallest absolute Gasteiger partial charge is 0.319 e. The Morgan fingerprint density at radius 1 is 1.21 bits per heavy atom. The highest BCUT2D eigenvalue weighted by Gasteiger charge is 2.15. The fraction of sp³-hybridized carbons (Fsp3) is 0.280. The number of fused-ring (bicyclic) bond motifs is 1. The molecule has 0 aliphatic rings. The molecule has 0 aliphatic carbocycles. The van der Waals surface area contributed by atoms with Crippen LogP contribution in [0.25, 0.3) is 10.9 Å². The molecule has 0 unspecified atom stereocenters. The van der Waals surface area contributed by atoms with Gasteiger partial charge >= 0.3 is 5.97 Å². The fourth-order valence-electron chi connectivity index (χ4n) is 3.31. The van der Waals surface area contributed by atoms with Crippen LogP contribution < -0.4 is 15.4 Å². The molecule has 9 nitrogen and oxygen atoms in total. The number of aromatic nitrogens is 2. The van der Waals surface area contributed by atoms with Gasteiger partial charge in [-0.3, -0.25) is 14.5 Å². The second-order valence-electron chi connectivity index (χ2n) is 7.72. The van der Waals surface area contributed by atoms with Crippen LogP contribution in [0.3, 0.4) is 0 Å². The Morgan fingerprint density at radius 3 is 2.68 bits per heavy atom. The molecule has 0 aliphatic heterocycles. The number of nitrogens with zero attached hydrogens (tertiary/aromatic N) is 3. The number of carbonyl (C=O) groups is 2. The van der Waals surface area contributed by atoms with Gasteiger partial charge in [0.1, 0.15) is 24.5 Å². The molecular formula is C25H29N5O4. The number of nitrogens with one attached hydrogen (secondary N) is 2. The first kappa shape index (κ1) is 24.7. The third-order valence-corrected chi connectivity index (χ3v) is 5.19. The van der Waals surface area contributed by atoms with Gasteiger partial charge in [0.05, 0.1) is 24.9 Å². The van der Waals surface area contributed by atoms with Crippen molar-refractivity contribution in [2.45, 2.75) is 13.0 Å². The van der Waals surface area contributed by atoms with Crippen LogP contribution in [0.1, 0.15) is 18.5 Å². The van der Waals surface area contributed by atoms with E-state index in [9.17, 15) is 9.59 Å². The maximum absolute atomic E-state index is 12.1. The van der Waals surface area contributed by atoms with Crippen LogP contribution in [-0.4, -0.2) is 60.6 Å². The van der Waals surface area contributed by atoms with Crippen LogP contribution in [0.5, 0.6) is 5.75 Å². The summed E-state index contributed by atoms with van der Waals surface area (Å²) in [6, 6.07) is 13.6. The molecule has 1 atom stereocenters. The second kappa shape index (κ2) is 11.8. The van der Waals surface area contributed by atoms with Gasteiger partial charge in [-0.1, -0.05) is 36.9 Å². The first-order valence-electron chi connectivity index (χ1n) is 10.8. The van der Waals surface area contributed by atoms with E-state index in [0.29, 0.717) is 29.3 Å². The van der Waals surface area contributed by atoms with Gasteiger partial charge in [0.25, 0.3) is 0 Å². The molecular weight excluding hydrogens is 434 g/mol. The summed E-state index contributed by atoms with van der Waals surface area (Å²) in [6.07, 6.45) is 2.68. The normalized spacial score (nSPS) is 11.6. The van der Waals surface area contributed by atoms with Gasteiger partial charge in [-0.05, 0) is 31.7 Å². The average molecular weight is 464 g/mol. The predicted molar refractivity (Wildman–Crippen MR) is 132 cm³/mol. The van der Waals surface area contributed by atoms with E-state index in [1.807, 2.05) is 37.3 Å². The maximum atomic E-state index is 12.1. The van der Waals surface area contributed by atoms with Crippen molar-refractivity contribution in [2.75, 3.05) is 44.5 Å².